The summed E-state index contributed by atoms with van der Waals surface area (Å²) in [6, 6.07) is 8.00. The molecule has 0 aliphatic heterocycles. The van der Waals surface area contributed by atoms with Crippen molar-refractivity contribution in [2.24, 2.45) is 5.92 Å². The highest BCUT2D eigenvalue weighted by Gasteiger charge is 2.24. The zero-order valence-corrected chi connectivity index (χ0v) is 19.4. The summed E-state index contributed by atoms with van der Waals surface area (Å²) in [4.78, 5) is 13.9. The fourth-order valence-electron chi connectivity index (χ4n) is 3.90. The van der Waals surface area contributed by atoms with Crippen molar-refractivity contribution in [3.05, 3.63) is 45.6 Å². The van der Waals surface area contributed by atoms with Crippen LogP contribution in [-0.4, -0.2) is 26.4 Å². The van der Waals surface area contributed by atoms with E-state index in [0.29, 0.717) is 5.75 Å². The number of nitrogens with zero attached hydrogens (tertiary/aromatic N) is 3. The lowest BCUT2D eigenvalue weighted by Gasteiger charge is -2.19. The Morgan fingerprint density at radius 1 is 1.27 bits per heavy atom. The van der Waals surface area contributed by atoms with E-state index in [-0.39, 0.29) is 5.91 Å². The molecular formula is C23H28N4OS2. The second kappa shape index (κ2) is 9.35. The standard InChI is InChI=1S/C23H28N4OS2/c1-4-16-7-9-17(10-8-16)24-21(28)14-30-23-26-25-22(27(23)5-2)19-13-29-20-12-15(3)6-11-18(19)20/h7-10,13,15H,4-6,11-12,14H2,1-3H3,(H,24,28). The molecule has 0 radical (unpaired) electrons. The van der Waals surface area contributed by atoms with Gasteiger partial charge in [0.05, 0.1) is 5.75 Å². The van der Waals surface area contributed by atoms with Crippen LogP contribution in [0, 0.1) is 5.92 Å². The lowest BCUT2D eigenvalue weighted by molar-refractivity contribution is -0.113. The average Bonchev–Trinajstić information content (AvgIpc) is 3.35. The van der Waals surface area contributed by atoms with Crippen LogP contribution in [0.25, 0.3) is 11.4 Å². The van der Waals surface area contributed by atoms with Crippen molar-refractivity contribution in [1.29, 1.82) is 0 Å². The van der Waals surface area contributed by atoms with Crippen molar-refractivity contribution in [2.45, 2.75) is 58.2 Å². The summed E-state index contributed by atoms with van der Waals surface area (Å²) >= 11 is 3.29. The predicted molar refractivity (Wildman–Crippen MR) is 125 cm³/mol. The summed E-state index contributed by atoms with van der Waals surface area (Å²) in [5.74, 6) is 1.98. The number of anilines is 1. The molecule has 30 heavy (non-hydrogen) atoms. The highest BCUT2D eigenvalue weighted by molar-refractivity contribution is 7.99. The van der Waals surface area contributed by atoms with E-state index in [4.69, 9.17) is 0 Å². The fourth-order valence-corrected chi connectivity index (χ4v) is 5.94. The maximum atomic E-state index is 12.4. The van der Waals surface area contributed by atoms with Crippen LogP contribution in [0.1, 0.15) is 43.2 Å². The van der Waals surface area contributed by atoms with Gasteiger partial charge in [0, 0.05) is 28.1 Å². The zero-order chi connectivity index (χ0) is 21.1. The summed E-state index contributed by atoms with van der Waals surface area (Å²) in [6.45, 7) is 7.34. The van der Waals surface area contributed by atoms with E-state index in [9.17, 15) is 4.79 Å². The number of hydrogen-bond donors (Lipinski definition) is 1. The van der Waals surface area contributed by atoms with Gasteiger partial charge >= 0.3 is 0 Å². The number of aromatic nitrogens is 3. The van der Waals surface area contributed by atoms with Crippen LogP contribution >= 0.6 is 23.1 Å². The highest BCUT2D eigenvalue weighted by atomic mass is 32.2. The minimum Gasteiger partial charge on any atom is -0.325 e. The van der Waals surface area contributed by atoms with Gasteiger partial charge in [-0.3, -0.25) is 4.79 Å². The molecule has 0 saturated heterocycles. The number of rotatable bonds is 7. The molecule has 0 bridgehead atoms. The first kappa shape index (κ1) is 21.1. The Morgan fingerprint density at radius 3 is 2.80 bits per heavy atom. The highest BCUT2D eigenvalue weighted by Crippen LogP contribution is 2.38. The second-order valence-electron chi connectivity index (χ2n) is 7.84. The van der Waals surface area contributed by atoms with E-state index >= 15 is 0 Å². The molecule has 1 N–H and O–H groups in total. The molecule has 3 aromatic rings. The Morgan fingerprint density at radius 2 is 2.07 bits per heavy atom. The van der Waals surface area contributed by atoms with Crippen molar-refractivity contribution >= 4 is 34.7 Å². The third kappa shape index (κ3) is 4.47. The van der Waals surface area contributed by atoms with Gasteiger partial charge in [0.2, 0.25) is 5.91 Å². The minimum absolute atomic E-state index is 0.0293. The minimum atomic E-state index is -0.0293. The van der Waals surface area contributed by atoms with Crippen LogP contribution in [0.15, 0.2) is 34.8 Å². The van der Waals surface area contributed by atoms with Gasteiger partial charge < -0.3 is 9.88 Å². The molecular weight excluding hydrogens is 412 g/mol. The van der Waals surface area contributed by atoms with Crippen LogP contribution in [0.5, 0.6) is 0 Å². The number of fused-ring (bicyclic) bond motifs is 1. The van der Waals surface area contributed by atoms with Gasteiger partial charge in [0.25, 0.3) is 0 Å². The molecule has 1 aromatic carbocycles. The maximum absolute atomic E-state index is 12.4. The summed E-state index contributed by atoms with van der Waals surface area (Å²) in [6.07, 6.45) is 4.51. The van der Waals surface area contributed by atoms with Gasteiger partial charge in [-0.25, -0.2) is 0 Å². The largest absolute Gasteiger partial charge is 0.325 e. The van der Waals surface area contributed by atoms with Gasteiger partial charge in [-0.2, -0.15) is 0 Å². The first-order chi connectivity index (χ1) is 14.6. The quantitative estimate of drug-likeness (QED) is 0.497. The smallest absolute Gasteiger partial charge is 0.234 e. The molecule has 7 heteroatoms. The van der Waals surface area contributed by atoms with Crippen LogP contribution in [0.3, 0.4) is 0 Å². The fraction of sp³-hybridized carbons (Fsp3) is 0.435. The summed E-state index contributed by atoms with van der Waals surface area (Å²) in [5, 5.41) is 14.9. The van der Waals surface area contributed by atoms with Gasteiger partial charge in [-0.05, 0) is 61.8 Å². The van der Waals surface area contributed by atoms with Gasteiger partial charge in [-0.15, -0.1) is 21.5 Å². The van der Waals surface area contributed by atoms with Crippen molar-refractivity contribution in [2.75, 3.05) is 11.1 Å². The Bertz CT molecular complexity index is 1020. The Balaban J connectivity index is 1.44. The molecule has 5 nitrogen and oxygen atoms in total. The van der Waals surface area contributed by atoms with Crippen molar-refractivity contribution in [1.82, 2.24) is 14.8 Å². The van der Waals surface area contributed by atoms with Crippen LogP contribution in [-0.2, 0) is 30.6 Å². The monoisotopic (exact) mass is 440 g/mol. The second-order valence-corrected chi connectivity index (χ2v) is 9.74. The normalized spacial score (nSPS) is 15.8. The zero-order valence-electron chi connectivity index (χ0n) is 17.8. The van der Waals surface area contributed by atoms with E-state index in [1.807, 2.05) is 35.6 Å². The molecule has 1 aliphatic carbocycles. The molecule has 2 aromatic heterocycles. The molecule has 2 heterocycles. The molecule has 0 fully saturated rings. The Hall–Kier alpha value is -2.12. The Kier molecular flexibility index (Phi) is 6.58. The first-order valence-corrected chi connectivity index (χ1v) is 12.5. The average molecular weight is 441 g/mol. The van der Waals surface area contributed by atoms with Crippen LogP contribution in [0.2, 0.25) is 0 Å². The summed E-state index contributed by atoms with van der Waals surface area (Å²) in [7, 11) is 0. The van der Waals surface area contributed by atoms with Crippen LogP contribution < -0.4 is 5.32 Å². The number of benzene rings is 1. The number of amides is 1. The van der Waals surface area contributed by atoms with E-state index < -0.39 is 0 Å². The molecule has 158 valence electrons. The number of nitrogens with one attached hydrogen (secondary N) is 1. The number of hydrogen-bond acceptors (Lipinski definition) is 5. The summed E-state index contributed by atoms with van der Waals surface area (Å²) in [5.41, 5.74) is 4.76. The number of thioether (sulfide) groups is 1. The lowest BCUT2D eigenvalue weighted by Crippen LogP contribution is -2.14. The molecule has 1 aliphatic rings. The number of aryl methyl sites for hydroxylation is 1. The van der Waals surface area contributed by atoms with E-state index in [1.54, 1.807) is 0 Å². The van der Waals surface area contributed by atoms with Crippen molar-refractivity contribution in [3.8, 4) is 11.4 Å². The third-order valence-corrected chi connectivity index (χ3v) is 7.67. The van der Waals surface area contributed by atoms with Crippen molar-refractivity contribution in [3.63, 3.8) is 0 Å². The van der Waals surface area contributed by atoms with Gasteiger partial charge in [0.1, 0.15) is 0 Å². The molecule has 4 rings (SSSR count). The maximum Gasteiger partial charge on any atom is 0.234 e. The van der Waals surface area contributed by atoms with Crippen molar-refractivity contribution < 1.29 is 4.79 Å². The van der Waals surface area contributed by atoms with Gasteiger partial charge in [0.15, 0.2) is 11.0 Å². The lowest BCUT2D eigenvalue weighted by atomic mass is 9.88. The Labute approximate surface area is 186 Å². The van der Waals surface area contributed by atoms with E-state index in [2.05, 4.69) is 46.2 Å². The van der Waals surface area contributed by atoms with E-state index in [1.165, 1.54) is 46.2 Å². The van der Waals surface area contributed by atoms with Gasteiger partial charge in [-0.1, -0.05) is 37.7 Å². The number of carbonyl (C=O) groups excluding carboxylic acids is 1. The third-order valence-electron chi connectivity index (χ3n) is 5.65. The first-order valence-electron chi connectivity index (χ1n) is 10.6. The predicted octanol–water partition coefficient (Wildman–Crippen LogP) is 5.44. The number of carbonyl (C=O) groups is 1. The number of thiophene rings is 1. The molecule has 1 atom stereocenters. The van der Waals surface area contributed by atoms with E-state index in [0.717, 1.165) is 42.0 Å². The summed E-state index contributed by atoms with van der Waals surface area (Å²) < 4.78 is 2.13. The molecule has 1 unspecified atom stereocenters. The SMILES string of the molecule is CCc1ccc(NC(=O)CSc2nnc(-c3csc4c3CCC(C)C4)n2CC)cc1. The molecule has 0 saturated carbocycles. The topological polar surface area (TPSA) is 59.8 Å². The molecule has 0 spiro atoms. The van der Waals surface area contributed by atoms with Crippen LogP contribution in [0.4, 0.5) is 5.69 Å². The molecule has 1 amide bonds.